The Hall–Kier alpha value is -0.850. The van der Waals surface area contributed by atoms with E-state index in [0.29, 0.717) is 6.61 Å². The van der Waals surface area contributed by atoms with Gasteiger partial charge in [0.2, 0.25) is 0 Å². The van der Waals surface area contributed by atoms with Crippen LogP contribution in [0, 0.1) is 17.2 Å². The number of ether oxygens (including phenoxy) is 1. The third-order valence-electron chi connectivity index (χ3n) is 2.64. The lowest BCUT2D eigenvalue weighted by molar-refractivity contribution is 0.0305. The first-order valence-corrected chi connectivity index (χ1v) is 5.81. The van der Waals surface area contributed by atoms with Crippen LogP contribution in [0.2, 0.25) is 0 Å². The van der Waals surface area contributed by atoms with Crippen molar-refractivity contribution in [2.24, 2.45) is 5.92 Å². The first-order chi connectivity index (χ1) is 6.90. The molecule has 0 aromatic carbocycles. The standard InChI is InChI=1S/C11H13NOS/c12-7-9-3-1-5-11(9)13-8-10-4-2-6-14-10/h2,4,6,9,11H,1,3,5,8H2. The number of nitriles is 1. The number of thiophene rings is 1. The van der Waals surface area contributed by atoms with Crippen molar-refractivity contribution in [1.82, 2.24) is 0 Å². The molecule has 74 valence electrons. The van der Waals surface area contributed by atoms with Crippen LogP contribution in [-0.4, -0.2) is 6.10 Å². The van der Waals surface area contributed by atoms with E-state index in [1.807, 2.05) is 6.07 Å². The molecule has 1 aromatic heterocycles. The molecule has 0 aliphatic heterocycles. The Morgan fingerprint density at radius 2 is 2.50 bits per heavy atom. The van der Waals surface area contributed by atoms with Gasteiger partial charge in [-0.15, -0.1) is 11.3 Å². The highest BCUT2D eigenvalue weighted by molar-refractivity contribution is 7.09. The highest BCUT2D eigenvalue weighted by Gasteiger charge is 2.27. The summed E-state index contributed by atoms with van der Waals surface area (Å²) in [5, 5.41) is 10.9. The highest BCUT2D eigenvalue weighted by atomic mass is 32.1. The largest absolute Gasteiger partial charge is 0.371 e. The van der Waals surface area contributed by atoms with E-state index in [9.17, 15) is 0 Å². The van der Waals surface area contributed by atoms with Gasteiger partial charge in [-0.25, -0.2) is 0 Å². The number of nitrogens with zero attached hydrogens (tertiary/aromatic N) is 1. The molecule has 1 aliphatic carbocycles. The SMILES string of the molecule is N#CC1CCCC1OCc1cccs1. The molecule has 3 heteroatoms. The topological polar surface area (TPSA) is 33.0 Å². The maximum absolute atomic E-state index is 8.87. The van der Waals surface area contributed by atoms with Crippen LogP contribution in [-0.2, 0) is 11.3 Å². The fourth-order valence-electron chi connectivity index (χ4n) is 1.86. The third-order valence-corrected chi connectivity index (χ3v) is 3.49. The predicted molar refractivity (Wildman–Crippen MR) is 55.9 cm³/mol. The van der Waals surface area contributed by atoms with Crippen molar-refractivity contribution in [3.05, 3.63) is 22.4 Å². The van der Waals surface area contributed by atoms with Gasteiger partial charge < -0.3 is 4.74 Å². The molecule has 1 aliphatic rings. The van der Waals surface area contributed by atoms with E-state index in [-0.39, 0.29) is 12.0 Å². The number of hydrogen-bond donors (Lipinski definition) is 0. The summed E-state index contributed by atoms with van der Waals surface area (Å²) in [6, 6.07) is 6.42. The molecule has 0 spiro atoms. The predicted octanol–water partition coefficient (Wildman–Crippen LogP) is 2.96. The average molecular weight is 207 g/mol. The van der Waals surface area contributed by atoms with Gasteiger partial charge in [-0.2, -0.15) is 5.26 Å². The minimum atomic E-state index is 0.120. The molecular formula is C11H13NOS. The summed E-state index contributed by atoms with van der Waals surface area (Å²) in [5.74, 6) is 0.120. The molecule has 1 fully saturated rings. The second-order valence-corrected chi connectivity index (χ2v) is 4.63. The Balaban J connectivity index is 1.83. The minimum absolute atomic E-state index is 0.120. The Bertz CT molecular complexity index is 315. The normalized spacial score (nSPS) is 26.2. The Morgan fingerprint density at radius 1 is 1.57 bits per heavy atom. The zero-order chi connectivity index (χ0) is 9.80. The molecule has 1 saturated carbocycles. The summed E-state index contributed by atoms with van der Waals surface area (Å²) in [5.41, 5.74) is 0. The zero-order valence-electron chi connectivity index (χ0n) is 7.98. The van der Waals surface area contributed by atoms with Crippen LogP contribution in [0.15, 0.2) is 17.5 Å². The zero-order valence-corrected chi connectivity index (χ0v) is 8.80. The molecule has 0 saturated heterocycles. The summed E-state index contributed by atoms with van der Waals surface area (Å²) in [4.78, 5) is 1.24. The molecular weight excluding hydrogens is 194 g/mol. The van der Waals surface area contributed by atoms with Gasteiger partial charge in [-0.05, 0) is 30.7 Å². The van der Waals surface area contributed by atoms with Gasteiger partial charge in [0.15, 0.2) is 0 Å². The van der Waals surface area contributed by atoms with Gasteiger partial charge >= 0.3 is 0 Å². The van der Waals surface area contributed by atoms with Crippen molar-refractivity contribution >= 4 is 11.3 Å². The van der Waals surface area contributed by atoms with Crippen molar-refractivity contribution in [3.8, 4) is 6.07 Å². The molecule has 2 unspecified atom stereocenters. The lowest BCUT2D eigenvalue weighted by atomic mass is 10.1. The van der Waals surface area contributed by atoms with Crippen LogP contribution in [0.1, 0.15) is 24.1 Å². The van der Waals surface area contributed by atoms with Crippen molar-refractivity contribution in [2.45, 2.75) is 32.0 Å². The summed E-state index contributed by atoms with van der Waals surface area (Å²) in [6.45, 7) is 0.667. The minimum Gasteiger partial charge on any atom is -0.371 e. The molecule has 2 nitrogen and oxygen atoms in total. The smallest absolute Gasteiger partial charge is 0.0813 e. The fraction of sp³-hybridized carbons (Fsp3) is 0.545. The molecule has 0 bridgehead atoms. The summed E-state index contributed by atoms with van der Waals surface area (Å²) < 4.78 is 5.74. The van der Waals surface area contributed by atoms with E-state index in [1.54, 1.807) is 11.3 Å². The van der Waals surface area contributed by atoms with Crippen LogP contribution in [0.3, 0.4) is 0 Å². The first-order valence-electron chi connectivity index (χ1n) is 4.94. The van der Waals surface area contributed by atoms with E-state index in [4.69, 9.17) is 10.00 Å². The lowest BCUT2D eigenvalue weighted by Crippen LogP contribution is -2.16. The van der Waals surface area contributed by atoms with Crippen LogP contribution in [0.25, 0.3) is 0 Å². The second kappa shape index (κ2) is 4.59. The van der Waals surface area contributed by atoms with Crippen LogP contribution in [0.5, 0.6) is 0 Å². The second-order valence-electron chi connectivity index (χ2n) is 3.60. The first kappa shape index (κ1) is 9.70. The van der Waals surface area contributed by atoms with Crippen molar-refractivity contribution < 1.29 is 4.74 Å². The maximum atomic E-state index is 8.87. The van der Waals surface area contributed by atoms with Gasteiger partial charge in [0.05, 0.1) is 24.7 Å². The molecule has 1 aromatic rings. The van der Waals surface area contributed by atoms with E-state index in [0.717, 1.165) is 19.3 Å². The number of rotatable bonds is 3. The molecule has 0 radical (unpaired) electrons. The summed E-state index contributed by atoms with van der Waals surface area (Å²) >= 11 is 1.71. The average Bonchev–Trinajstić information content (AvgIpc) is 2.85. The third kappa shape index (κ3) is 2.14. The van der Waals surface area contributed by atoms with E-state index in [1.165, 1.54) is 4.88 Å². The maximum Gasteiger partial charge on any atom is 0.0813 e. The Labute approximate surface area is 88.1 Å². The van der Waals surface area contributed by atoms with Crippen LogP contribution >= 0.6 is 11.3 Å². The molecule has 0 N–H and O–H groups in total. The molecule has 0 amide bonds. The van der Waals surface area contributed by atoms with Crippen molar-refractivity contribution in [3.63, 3.8) is 0 Å². The molecule has 14 heavy (non-hydrogen) atoms. The van der Waals surface area contributed by atoms with E-state index in [2.05, 4.69) is 17.5 Å². The number of hydrogen-bond acceptors (Lipinski definition) is 3. The van der Waals surface area contributed by atoms with Crippen LogP contribution in [0.4, 0.5) is 0 Å². The summed E-state index contributed by atoms with van der Waals surface area (Å²) in [6.07, 6.45) is 3.35. The summed E-state index contributed by atoms with van der Waals surface area (Å²) in [7, 11) is 0. The molecule has 2 atom stereocenters. The monoisotopic (exact) mass is 207 g/mol. The lowest BCUT2D eigenvalue weighted by Gasteiger charge is -2.13. The highest BCUT2D eigenvalue weighted by Crippen LogP contribution is 2.28. The Kier molecular flexibility index (Phi) is 3.18. The fourth-order valence-corrected chi connectivity index (χ4v) is 2.48. The van der Waals surface area contributed by atoms with E-state index >= 15 is 0 Å². The van der Waals surface area contributed by atoms with Gasteiger partial charge in [0, 0.05) is 4.88 Å². The Morgan fingerprint density at radius 3 is 3.21 bits per heavy atom. The van der Waals surface area contributed by atoms with Crippen LogP contribution < -0.4 is 0 Å². The van der Waals surface area contributed by atoms with Crippen molar-refractivity contribution in [2.75, 3.05) is 0 Å². The van der Waals surface area contributed by atoms with Gasteiger partial charge in [-0.1, -0.05) is 6.07 Å². The van der Waals surface area contributed by atoms with Gasteiger partial charge in [0.25, 0.3) is 0 Å². The van der Waals surface area contributed by atoms with Gasteiger partial charge in [0.1, 0.15) is 0 Å². The van der Waals surface area contributed by atoms with E-state index < -0.39 is 0 Å². The van der Waals surface area contributed by atoms with Gasteiger partial charge in [-0.3, -0.25) is 0 Å². The molecule has 2 rings (SSSR count). The quantitative estimate of drug-likeness (QED) is 0.763. The molecule has 1 heterocycles. The van der Waals surface area contributed by atoms with Crippen molar-refractivity contribution in [1.29, 1.82) is 5.26 Å².